The Bertz CT molecular complexity index is 690. The molecule has 0 aliphatic heterocycles. The molecule has 1 amide bonds. The molecule has 134 valence electrons. The molecule has 0 saturated heterocycles. The van der Waals surface area contributed by atoms with Crippen molar-refractivity contribution in [3.05, 3.63) is 46.0 Å². The molecule has 25 heavy (non-hydrogen) atoms. The normalized spacial score (nSPS) is 10.2. The third kappa shape index (κ3) is 6.43. The molecule has 2 aromatic rings. The van der Waals surface area contributed by atoms with E-state index in [1.165, 1.54) is 0 Å². The van der Waals surface area contributed by atoms with E-state index in [4.69, 9.17) is 18.9 Å². The molecule has 0 atom stereocenters. The van der Waals surface area contributed by atoms with Crippen LogP contribution in [0, 0.1) is 3.57 Å². The van der Waals surface area contributed by atoms with E-state index in [1.54, 1.807) is 32.4 Å². The minimum atomic E-state index is -0.258. The predicted octanol–water partition coefficient (Wildman–Crippen LogP) is 3.34. The van der Waals surface area contributed by atoms with Gasteiger partial charge in [0.05, 0.1) is 13.7 Å². The Labute approximate surface area is 160 Å². The third-order valence-electron chi connectivity index (χ3n) is 3.18. The number of anilines is 1. The molecule has 0 heterocycles. The van der Waals surface area contributed by atoms with Gasteiger partial charge in [0.1, 0.15) is 12.4 Å². The number of halogens is 1. The fraction of sp³-hybridized carbons (Fsp3) is 0.278. The van der Waals surface area contributed by atoms with Gasteiger partial charge in [0.25, 0.3) is 5.91 Å². The second-order valence-corrected chi connectivity index (χ2v) is 6.24. The molecule has 6 nitrogen and oxygen atoms in total. The average molecular weight is 457 g/mol. The topological polar surface area (TPSA) is 66.0 Å². The molecule has 0 unspecified atom stereocenters. The van der Waals surface area contributed by atoms with Crippen molar-refractivity contribution < 1.29 is 23.7 Å². The summed E-state index contributed by atoms with van der Waals surface area (Å²) in [6, 6.07) is 12.7. The van der Waals surface area contributed by atoms with Gasteiger partial charge in [-0.3, -0.25) is 4.79 Å². The monoisotopic (exact) mass is 457 g/mol. The predicted molar refractivity (Wildman–Crippen MR) is 104 cm³/mol. The number of rotatable bonds is 9. The average Bonchev–Trinajstić information content (AvgIpc) is 2.62. The summed E-state index contributed by atoms with van der Waals surface area (Å²) >= 11 is 2.21. The fourth-order valence-corrected chi connectivity index (χ4v) is 2.34. The molecular weight excluding hydrogens is 437 g/mol. The van der Waals surface area contributed by atoms with Crippen LogP contribution in [-0.4, -0.2) is 39.9 Å². The van der Waals surface area contributed by atoms with Crippen LogP contribution in [0.25, 0.3) is 0 Å². The third-order valence-corrected chi connectivity index (χ3v) is 3.90. The molecule has 0 spiro atoms. The molecule has 1 N–H and O–H groups in total. The number of ether oxygens (including phenoxy) is 4. The van der Waals surface area contributed by atoms with Crippen LogP contribution >= 0.6 is 22.6 Å². The maximum atomic E-state index is 12.0. The Hall–Kier alpha value is -2.00. The van der Waals surface area contributed by atoms with E-state index < -0.39 is 0 Å². The Morgan fingerprint density at radius 2 is 1.76 bits per heavy atom. The lowest BCUT2D eigenvalue weighted by molar-refractivity contribution is -0.118. The maximum absolute atomic E-state index is 12.0. The summed E-state index contributed by atoms with van der Waals surface area (Å²) in [5, 5.41) is 2.77. The lowest BCUT2D eigenvalue weighted by Gasteiger charge is -2.13. The van der Waals surface area contributed by atoms with Gasteiger partial charge in [-0.2, -0.15) is 0 Å². The van der Waals surface area contributed by atoms with Crippen LogP contribution in [0.2, 0.25) is 0 Å². The van der Waals surface area contributed by atoms with Crippen molar-refractivity contribution in [2.24, 2.45) is 0 Å². The fourth-order valence-electron chi connectivity index (χ4n) is 1.98. The quantitative estimate of drug-likeness (QED) is 0.463. The minimum Gasteiger partial charge on any atom is -0.493 e. The van der Waals surface area contributed by atoms with Crippen LogP contribution in [0.3, 0.4) is 0 Å². The molecule has 0 aliphatic rings. The smallest absolute Gasteiger partial charge is 0.262 e. The number of carbonyl (C=O) groups excluding carboxylic acids is 1. The summed E-state index contributed by atoms with van der Waals surface area (Å²) in [7, 11) is 3.16. The van der Waals surface area contributed by atoms with Crippen LogP contribution in [0.1, 0.15) is 0 Å². The minimum absolute atomic E-state index is 0.0769. The maximum Gasteiger partial charge on any atom is 0.262 e. The number of nitrogens with one attached hydrogen (secondary N) is 1. The van der Waals surface area contributed by atoms with Gasteiger partial charge in [-0.05, 0) is 59.0 Å². The van der Waals surface area contributed by atoms with Crippen LogP contribution in [-0.2, 0) is 9.53 Å². The first-order valence-electron chi connectivity index (χ1n) is 7.60. The Kier molecular flexibility index (Phi) is 7.80. The first-order chi connectivity index (χ1) is 12.1. The van der Waals surface area contributed by atoms with Crippen molar-refractivity contribution in [2.45, 2.75) is 0 Å². The van der Waals surface area contributed by atoms with Crippen molar-refractivity contribution in [1.29, 1.82) is 0 Å². The van der Waals surface area contributed by atoms with Gasteiger partial charge in [-0.15, -0.1) is 0 Å². The summed E-state index contributed by atoms with van der Waals surface area (Å²) in [5.74, 6) is 1.51. The second kappa shape index (κ2) is 10.1. The number of hydrogen-bond donors (Lipinski definition) is 1. The molecule has 0 aromatic heterocycles. The van der Waals surface area contributed by atoms with Gasteiger partial charge < -0.3 is 24.3 Å². The summed E-state index contributed by atoms with van der Waals surface area (Å²) in [6.07, 6.45) is 0. The lowest BCUT2D eigenvalue weighted by atomic mass is 10.2. The summed E-state index contributed by atoms with van der Waals surface area (Å²) in [6.45, 7) is 0.774. The van der Waals surface area contributed by atoms with Crippen molar-refractivity contribution in [3.8, 4) is 17.2 Å². The van der Waals surface area contributed by atoms with E-state index >= 15 is 0 Å². The largest absolute Gasteiger partial charge is 0.493 e. The van der Waals surface area contributed by atoms with E-state index in [9.17, 15) is 4.79 Å². The van der Waals surface area contributed by atoms with Crippen LogP contribution in [0.5, 0.6) is 17.2 Å². The Balaban J connectivity index is 1.92. The number of benzene rings is 2. The van der Waals surface area contributed by atoms with Gasteiger partial charge in [0, 0.05) is 22.4 Å². The van der Waals surface area contributed by atoms with E-state index in [2.05, 4.69) is 27.9 Å². The van der Waals surface area contributed by atoms with Crippen molar-refractivity contribution in [3.63, 3.8) is 0 Å². The molecule has 2 rings (SSSR count). The SMILES string of the molecule is COCCOc1cc(NC(=O)COc2ccc(I)cc2)ccc1OC. The molecule has 7 heteroatoms. The molecule has 0 aliphatic carbocycles. The van der Waals surface area contributed by atoms with Gasteiger partial charge in [-0.25, -0.2) is 0 Å². The Morgan fingerprint density at radius 3 is 2.44 bits per heavy atom. The molecule has 0 fully saturated rings. The molecule has 0 radical (unpaired) electrons. The van der Waals surface area contributed by atoms with E-state index in [1.807, 2.05) is 24.3 Å². The van der Waals surface area contributed by atoms with Crippen molar-refractivity contribution in [1.82, 2.24) is 0 Å². The zero-order valence-corrected chi connectivity index (χ0v) is 16.2. The number of methoxy groups -OCH3 is 2. The van der Waals surface area contributed by atoms with Gasteiger partial charge in [-0.1, -0.05) is 0 Å². The molecular formula is C18H20INO5. The zero-order chi connectivity index (χ0) is 18.1. The summed E-state index contributed by atoms with van der Waals surface area (Å²) < 4.78 is 22.4. The Morgan fingerprint density at radius 1 is 1.00 bits per heavy atom. The van der Waals surface area contributed by atoms with Gasteiger partial charge in [0.15, 0.2) is 18.1 Å². The summed E-state index contributed by atoms with van der Waals surface area (Å²) in [4.78, 5) is 12.0. The molecule has 0 saturated carbocycles. The number of amides is 1. The first-order valence-corrected chi connectivity index (χ1v) is 8.68. The van der Waals surface area contributed by atoms with Crippen molar-refractivity contribution in [2.75, 3.05) is 39.4 Å². The van der Waals surface area contributed by atoms with Crippen molar-refractivity contribution >= 4 is 34.2 Å². The number of carbonyl (C=O) groups is 1. The van der Waals surface area contributed by atoms with Crippen LogP contribution < -0.4 is 19.5 Å². The molecule has 0 bridgehead atoms. The highest BCUT2D eigenvalue weighted by atomic mass is 127. The molecule has 2 aromatic carbocycles. The standard InChI is InChI=1S/C18H20INO5/c1-22-9-10-24-17-11-14(5-8-16(17)23-2)20-18(21)12-25-15-6-3-13(19)4-7-15/h3-8,11H,9-10,12H2,1-2H3,(H,20,21). The van der Waals surface area contributed by atoms with Crippen LogP contribution in [0.4, 0.5) is 5.69 Å². The highest BCUT2D eigenvalue weighted by Gasteiger charge is 2.09. The lowest BCUT2D eigenvalue weighted by Crippen LogP contribution is -2.20. The first kappa shape index (κ1) is 19.3. The van der Waals surface area contributed by atoms with Crippen LogP contribution in [0.15, 0.2) is 42.5 Å². The van der Waals surface area contributed by atoms with Gasteiger partial charge in [0.2, 0.25) is 0 Å². The van der Waals surface area contributed by atoms with E-state index in [-0.39, 0.29) is 12.5 Å². The highest BCUT2D eigenvalue weighted by Crippen LogP contribution is 2.30. The number of hydrogen-bond acceptors (Lipinski definition) is 5. The summed E-state index contributed by atoms with van der Waals surface area (Å²) in [5.41, 5.74) is 0.601. The highest BCUT2D eigenvalue weighted by molar-refractivity contribution is 14.1. The van der Waals surface area contributed by atoms with E-state index in [0.717, 1.165) is 3.57 Å². The van der Waals surface area contributed by atoms with E-state index in [0.29, 0.717) is 36.1 Å². The van der Waals surface area contributed by atoms with Gasteiger partial charge >= 0.3 is 0 Å². The second-order valence-electron chi connectivity index (χ2n) is 5.00. The zero-order valence-electron chi connectivity index (χ0n) is 14.1.